The first-order valence-electron chi connectivity index (χ1n) is 6.95. The lowest BCUT2D eigenvalue weighted by atomic mass is 9.96. The van der Waals surface area contributed by atoms with Crippen LogP contribution in [-0.2, 0) is 11.3 Å². The molecular formula is C16H23NO. The fourth-order valence-corrected chi connectivity index (χ4v) is 2.84. The van der Waals surface area contributed by atoms with Crippen molar-refractivity contribution in [3.63, 3.8) is 0 Å². The highest BCUT2D eigenvalue weighted by Gasteiger charge is 2.23. The van der Waals surface area contributed by atoms with E-state index in [0.29, 0.717) is 18.2 Å². The Morgan fingerprint density at radius 1 is 1.33 bits per heavy atom. The molecule has 1 atom stereocenters. The van der Waals surface area contributed by atoms with Gasteiger partial charge in [-0.15, -0.1) is 0 Å². The van der Waals surface area contributed by atoms with Crippen LogP contribution in [0, 0.1) is 6.92 Å². The number of piperidine rings is 1. The van der Waals surface area contributed by atoms with Crippen LogP contribution in [-0.4, -0.2) is 23.3 Å². The molecule has 0 radical (unpaired) electrons. The molecule has 1 aromatic carbocycles. The van der Waals surface area contributed by atoms with Crippen LogP contribution in [0.1, 0.15) is 43.7 Å². The predicted molar refractivity (Wildman–Crippen MR) is 74.5 cm³/mol. The second-order valence-corrected chi connectivity index (χ2v) is 5.45. The maximum absolute atomic E-state index is 11.4. The minimum atomic E-state index is 0.316. The zero-order chi connectivity index (χ0) is 13.0. The normalized spacial score (nSPS) is 20.9. The Labute approximate surface area is 110 Å². The first-order valence-corrected chi connectivity index (χ1v) is 6.95. The summed E-state index contributed by atoms with van der Waals surface area (Å²) in [5, 5.41) is 0. The molecule has 1 unspecified atom stereocenters. The van der Waals surface area contributed by atoms with E-state index in [-0.39, 0.29) is 0 Å². The molecule has 98 valence electrons. The van der Waals surface area contributed by atoms with E-state index in [2.05, 4.69) is 36.1 Å². The molecular weight excluding hydrogens is 222 g/mol. The van der Waals surface area contributed by atoms with Gasteiger partial charge in [0.15, 0.2) is 0 Å². The average molecular weight is 245 g/mol. The fraction of sp³-hybridized carbons (Fsp3) is 0.562. The van der Waals surface area contributed by atoms with Crippen molar-refractivity contribution >= 4 is 5.78 Å². The van der Waals surface area contributed by atoms with E-state index in [1.165, 1.54) is 30.4 Å². The number of benzene rings is 1. The number of hydrogen-bond acceptors (Lipinski definition) is 2. The third-order valence-corrected chi connectivity index (χ3v) is 3.91. The van der Waals surface area contributed by atoms with Crippen molar-refractivity contribution in [3.8, 4) is 0 Å². The summed E-state index contributed by atoms with van der Waals surface area (Å²) in [6.45, 7) is 6.00. The van der Waals surface area contributed by atoms with E-state index >= 15 is 0 Å². The van der Waals surface area contributed by atoms with E-state index in [9.17, 15) is 4.79 Å². The van der Waals surface area contributed by atoms with Gasteiger partial charge < -0.3 is 0 Å². The van der Waals surface area contributed by atoms with Crippen LogP contribution in [0.5, 0.6) is 0 Å². The maximum Gasteiger partial charge on any atom is 0.131 e. The van der Waals surface area contributed by atoms with Gasteiger partial charge in [-0.3, -0.25) is 9.69 Å². The summed E-state index contributed by atoms with van der Waals surface area (Å²) < 4.78 is 0. The van der Waals surface area contributed by atoms with Crippen LogP contribution in [0.2, 0.25) is 0 Å². The number of ketones is 1. The van der Waals surface area contributed by atoms with Gasteiger partial charge in [-0.05, 0) is 44.4 Å². The van der Waals surface area contributed by atoms with E-state index in [0.717, 1.165) is 13.1 Å². The number of carbonyl (C=O) groups is 1. The first-order chi connectivity index (χ1) is 8.66. The van der Waals surface area contributed by atoms with Crippen LogP contribution in [0.25, 0.3) is 0 Å². The molecule has 2 rings (SSSR count). The van der Waals surface area contributed by atoms with Crippen molar-refractivity contribution in [1.29, 1.82) is 0 Å². The van der Waals surface area contributed by atoms with Crippen LogP contribution in [0.15, 0.2) is 24.3 Å². The number of carbonyl (C=O) groups excluding carboxylic acids is 1. The van der Waals surface area contributed by atoms with Crippen LogP contribution < -0.4 is 0 Å². The first kappa shape index (κ1) is 13.3. The summed E-state index contributed by atoms with van der Waals surface area (Å²) in [5.41, 5.74) is 2.75. The smallest absolute Gasteiger partial charge is 0.131 e. The molecule has 0 saturated carbocycles. The molecule has 1 fully saturated rings. The monoisotopic (exact) mass is 245 g/mol. The van der Waals surface area contributed by atoms with Gasteiger partial charge in [0.1, 0.15) is 5.78 Å². The quantitative estimate of drug-likeness (QED) is 0.811. The summed E-state index contributed by atoms with van der Waals surface area (Å²) in [6, 6.07) is 9.01. The number of likely N-dealkylation sites (tertiary alicyclic amines) is 1. The second kappa shape index (κ2) is 6.14. The summed E-state index contributed by atoms with van der Waals surface area (Å²) in [5.74, 6) is 0.316. The minimum absolute atomic E-state index is 0.316. The van der Waals surface area contributed by atoms with E-state index in [4.69, 9.17) is 0 Å². The van der Waals surface area contributed by atoms with Gasteiger partial charge in [-0.2, -0.15) is 0 Å². The predicted octanol–water partition coefficient (Wildman–Crippen LogP) is 3.33. The van der Waals surface area contributed by atoms with Crippen molar-refractivity contribution in [2.45, 2.75) is 52.1 Å². The molecule has 0 aliphatic carbocycles. The topological polar surface area (TPSA) is 20.3 Å². The molecule has 0 N–H and O–H groups in total. The maximum atomic E-state index is 11.4. The van der Waals surface area contributed by atoms with Gasteiger partial charge in [0.2, 0.25) is 0 Å². The minimum Gasteiger partial charge on any atom is -0.300 e. The van der Waals surface area contributed by atoms with Crippen molar-refractivity contribution < 1.29 is 4.79 Å². The SMILES string of the molecule is CC(=O)CC1CCCCN1Cc1ccccc1C. The zero-order valence-electron chi connectivity index (χ0n) is 11.5. The Morgan fingerprint density at radius 2 is 2.11 bits per heavy atom. The standard InChI is InChI=1S/C16H23NO/c1-13-7-3-4-8-15(13)12-17-10-6-5-9-16(17)11-14(2)18/h3-4,7-8,16H,5-6,9-12H2,1-2H3. The third kappa shape index (κ3) is 3.42. The Bertz CT molecular complexity index is 413. The van der Waals surface area contributed by atoms with Gasteiger partial charge >= 0.3 is 0 Å². The molecule has 0 amide bonds. The van der Waals surface area contributed by atoms with Crippen LogP contribution >= 0.6 is 0 Å². The van der Waals surface area contributed by atoms with E-state index in [1.54, 1.807) is 6.92 Å². The Balaban J connectivity index is 2.05. The number of aryl methyl sites for hydroxylation is 1. The number of nitrogens with zero attached hydrogens (tertiary/aromatic N) is 1. The Hall–Kier alpha value is -1.15. The summed E-state index contributed by atoms with van der Waals surface area (Å²) in [4.78, 5) is 13.8. The summed E-state index contributed by atoms with van der Waals surface area (Å²) in [6.07, 6.45) is 4.42. The summed E-state index contributed by atoms with van der Waals surface area (Å²) >= 11 is 0. The highest BCUT2D eigenvalue weighted by Crippen LogP contribution is 2.23. The van der Waals surface area contributed by atoms with Crippen molar-refractivity contribution in [2.75, 3.05) is 6.54 Å². The molecule has 1 aromatic rings. The largest absolute Gasteiger partial charge is 0.300 e. The molecule has 2 heteroatoms. The molecule has 1 aliphatic heterocycles. The third-order valence-electron chi connectivity index (χ3n) is 3.91. The van der Waals surface area contributed by atoms with Gasteiger partial charge in [-0.1, -0.05) is 30.7 Å². The number of hydrogen-bond donors (Lipinski definition) is 0. The van der Waals surface area contributed by atoms with E-state index < -0.39 is 0 Å². The van der Waals surface area contributed by atoms with Gasteiger partial charge in [0.05, 0.1) is 0 Å². The van der Waals surface area contributed by atoms with E-state index in [1.807, 2.05) is 0 Å². The number of Topliss-reactive ketones (excluding diaryl/α,β-unsaturated/α-hetero) is 1. The van der Waals surface area contributed by atoms with Crippen molar-refractivity contribution in [3.05, 3.63) is 35.4 Å². The lowest BCUT2D eigenvalue weighted by Crippen LogP contribution is -2.40. The lowest BCUT2D eigenvalue weighted by Gasteiger charge is -2.35. The van der Waals surface area contributed by atoms with Crippen molar-refractivity contribution in [2.24, 2.45) is 0 Å². The Morgan fingerprint density at radius 3 is 2.83 bits per heavy atom. The average Bonchev–Trinajstić information content (AvgIpc) is 2.34. The van der Waals surface area contributed by atoms with Crippen molar-refractivity contribution in [1.82, 2.24) is 4.90 Å². The van der Waals surface area contributed by atoms with Gasteiger partial charge in [0, 0.05) is 19.0 Å². The highest BCUT2D eigenvalue weighted by molar-refractivity contribution is 5.76. The number of rotatable bonds is 4. The molecule has 2 nitrogen and oxygen atoms in total. The molecule has 1 saturated heterocycles. The molecule has 0 bridgehead atoms. The Kier molecular flexibility index (Phi) is 4.54. The molecule has 0 aromatic heterocycles. The molecule has 1 aliphatic rings. The summed E-state index contributed by atoms with van der Waals surface area (Å²) in [7, 11) is 0. The van der Waals surface area contributed by atoms with Crippen LogP contribution in [0.4, 0.5) is 0 Å². The fourth-order valence-electron chi connectivity index (χ4n) is 2.84. The molecule has 18 heavy (non-hydrogen) atoms. The molecule has 1 heterocycles. The second-order valence-electron chi connectivity index (χ2n) is 5.45. The van der Waals surface area contributed by atoms with Gasteiger partial charge in [0.25, 0.3) is 0 Å². The molecule has 0 spiro atoms. The highest BCUT2D eigenvalue weighted by atomic mass is 16.1. The van der Waals surface area contributed by atoms with Crippen LogP contribution in [0.3, 0.4) is 0 Å². The van der Waals surface area contributed by atoms with Gasteiger partial charge in [-0.25, -0.2) is 0 Å². The zero-order valence-corrected chi connectivity index (χ0v) is 11.5. The lowest BCUT2D eigenvalue weighted by molar-refractivity contribution is -0.118.